The highest BCUT2D eigenvalue weighted by atomic mass is 32.3. The number of hydrogen-bond donors (Lipinski definition) is 1. The van der Waals surface area contributed by atoms with Crippen LogP contribution in [0.1, 0.15) is 44.0 Å². The van der Waals surface area contributed by atoms with E-state index in [1.165, 1.54) is 12.1 Å². The van der Waals surface area contributed by atoms with E-state index in [4.69, 9.17) is 0 Å². The molecule has 1 atom stereocenters. The molecule has 2 rings (SSSR count). The van der Waals surface area contributed by atoms with Gasteiger partial charge in [-0.2, -0.15) is 21.6 Å². The van der Waals surface area contributed by atoms with E-state index in [1.807, 2.05) is 20.8 Å². The van der Waals surface area contributed by atoms with Crippen molar-refractivity contribution in [3.8, 4) is 5.75 Å². The molecule has 1 heterocycles. The Kier molecular flexibility index (Phi) is 7.21. The van der Waals surface area contributed by atoms with Crippen LogP contribution >= 0.6 is 0 Å². The molecule has 1 fully saturated rings. The topological polar surface area (TPSA) is 107 Å². The van der Waals surface area contributed by atoms with E-state index in [2.05, 4.69) is 4.18 Å². The molecule has 0 amide bonds. The molecule has 1 aliphatic rings. The van der Waals surface area contributed by atoms with Gasteiger partial charge in [0.05, 0.1) is 0 Å². The molecule has 13 heteroatoms. The van der Waals surface area contributed by atoms with Gasteiger partial charge in [-0.3, -0.25) is 4.79 Å². The monoisotopic (exact) mass is 490 g/mol. The normalized spacial score (nSPS) is 17.7. The second-order valence-electron chi connectivity index (χ2n) is 7.86. The Morgan fingerprint density at radius 3 is 1.97 bits per heavy atom. The Morgan fingerprint density at radius 1 is 1.03 bits per heavy atom. The van der Waals surface area contributed by atoms with Gasteiger partial charge in [-0.15, -0.1) is 0 Å². The number of benzene rings is 1. The van der Waals surface area contributed by atoms with Gasteiger partial charge in [-0.1, -0.05) is 24.9 Å². The maximum atomic E-state index is 13.1. The number of halogens is 3. The van der Waals surface area contributed by atoms with Crippen LogP contribution in [0.3, 0.4) is 0 Å². The zero-order valence-corrected chi connectivity index (χ0v) is 19.0. The molecule has 1 aromatic carbocycles. The Morgan fingerprint density at radius 2 is 1.53 bits per heavy atom. The lowest BCUT2D eigenvalue weighted by molar-refractivity contribution is -0.0442. The molecule has 0 bridgehead atoms. The van der Waals surface area contributed by atoms with Crippen LogP contribution in [0.4, 0.5) is 13.2 Å². The van der Waals surface area contributed by atoms with Gasteiger partial charge >= 0.3 is 25.8 Å². The lowest BCUT2D eigenvalue weighted by Gasteiger charge is -2.27. The van der Waals surface area contributed by atoms with E-state index in [1.54, 1.807) is 0 Å². The second kappa shape index (κ2) is 8.67. The number of rotatable bonds is 7. The summed E-state index contributed by atoms with van der Waals surface area (Å²) >= 11 is 0. The minimum Gasteiger partial charge on any atom is -0.370 e. The molecular formula is C17H23F3NO6S3+. The highest BCUT2D eigenvalue weighted by molar-refractivity contribution is 8.03. The SMILES string of the molecule is CC(C)(C)C(C(=O)c1ccc(OS(=O)(=O)NS(=O)(=O)C(F)(F)F)cc1)[S+]1CCCC1. The standard InChI is InChI=1S/C17H23F3NO6S3/c1-16(2,3)15(28-10-4-5-11-28)14(22)12-6-8-13(9-7-12)27-30(25,26)21-29(23,24)17(18,19)20/h6-9,15,21H,4-5,10-11H2,1-3H3/q+1. The molecule has 1 unspecified atom stereocenters. The molecule has 1 aromatic rings. The minimum absolute atomic E-state index is 0.0662. The van der Waals surface area contributed by atoms with Crippen molar-refractivity contribution in [3.05, 3.63) is 29.8 Å². The molecule has 0 spiro atoms. The number of hydrogen-bond acceptors (Lipinski definition) is 6. The molecule has 170 valence electrons. The van der Waals surface area contributed by atoms with Crippen LogP contribution in [0.15, 0.2) is 24.3 Å². The number of Topliss-reactive ketones (excluding diaryl/α,β-unsaturated/α-hetero) is 1. The predicted molar refractivity (Wildman–Crippen MR) is 108 cm³/mol. The van der Waals surface area contributed by atoms with E-state index < -0.39 is 31.6 Å². The van der Waals surface area contributed by atoms with E-state index in [9.17, 15) is 34.8 Å². The molecule has 0 saturated carbocycles. The summed E-state index contributed by atoms with van der Waals surface area (Å²) in [6.45, 7) is 5.95. The van der Waals surface area contributed by atoms with Crippen molar-refractivity contribution in [1.82, 2.24) is 4.13 Å². The molecular weight excluding hydrogens is 467 g/mol. The second-order valence-corrected chi connectivity index (χ2v) is 13.4. The largest absolute Gasteiger partial charge is 0.512 e. The Bertz CT molecular complexity index is 977. The maximum absolute atomic E-state index is 13.1. The predicted octanol–water partition coefficient (Wildman–Crippen LogP) is 2.76. The van der Waals surface area contributed by atoms with E-state index in [0.717, 1.165) is 36.5 Å². The molecule has 1 saturated heterocycles. The number of alkyl halides is 3. The van der Waals surface area contributed by atoms with Gasteiger partial charge in [0.15, 0.2) is 5.25 Å². The summed E-state index contributed by atoms with van der Waals surface area (Å²) in [6, 6.07) is 4.79. The first-order chi connectivity index (χ1) is 13.5. The lowest BCUT2D eigenvalue weighted by Crippen LogP contribution is -2.42. The summed E-state index contributed by atoms with van der Waals surface area (Å²) in [6.07, 6.45) is 2.14. The summed E-state index contributed by atoms with van der Waals surface area (Å²) in [5.41, 5.74) is -5.78. The van der Waals surface area contributed by atoms with Gasteiger partial charge < -0.3 is 4.18 Å². The third kappa shape index (κ3) is 6.11. The fourth-order valence-electron chi connectivity index (χ4n) is 3.11. The van der Waals surface area contributed by atoms with Crippen molar-refractivity contribution in [2.75, 3.05) is 11.5 Å². The highest BCUT2D eigenvalue weighted by Gasteiger charge is 2.49. The maximum Gasteiger partial charge on any atom is 0.512 e. The van der Waals surface area contributed by atoms with Gasteiger partial charge in [-0.05, 0) is 48.0 Å². The van der Waals surface area contributed by atoms with E-state index in [0.29, 0.717) is 9.69 Å². The fraction of sp³-hybridized carbons (Fsp3) is 0.588. The third-order valence-corrected chi connectivity index (χ3v) is 10.2. The van der Waals surface area contributed by atoms with Crippen LogP contribution < -0.4 is 8.31 Å². The Balaban J connectivity index is 2.18. The summed E-state index contributed by atoms with van der Waals surface area (Å²) < 4.78 is 87.0. The van der Waals surface area contributed by atoms with Gasteiger partial charge in [0, 0.05) is 11.0 Å². The van der Waals surface area contributed by atoms with Crippen molar-refractivity contribution in [3.63, 3.8) is 0 Å². The van der Waals surface area contributed by atoms with Gasteiger partial charge in [0.25, 0.3) is 0 Å². The molecule has 7 nitrogen and oxygen atoms in total. The first-order valence-corrected chi connectivity index (χ1v) is 13.4. The number of sulfonamides is 1. The fourth-order valence-corrected chi connectivity index (χ4v) is 8.33. The average molecular weight is 491 g/mol. The average Bonchev–Trinajstić information content (AvgIpc) is 3.05. The minimum atomic E-state index is -6.15. The van der Waals surface area contributed by atoms with Gasteiger partial charge in [0.1, 0.15) is 17.3 Å². The smallest absolute Gasteiger partial charge is 0.370 e. The van der Waals surface area contributed by atoms with Crippen molar-refractivity contribution in [1.29, 1.82) is 0 Å². The van der Waals surface area contributed by atoms with Crippen molar-refractivity contribution in [2.24, 2.45) is 5.41 Å². The van der Waals surface area contributed by atoms with Gasteiger partial charge in [-0.25, -0.2) is 8.42 Å². The highest BCUT2D eigenvalue weighted by Crippen LogP contribution is 2.34. The third-order valence-electron chi connectivity index (χ3n) is 4.28. The van der Waals surface area contributed by atoms with Crippen LogP contribution in [0.5, 0.6) is 5.75 Å². The van der Waals surface area contributed by atoms with Crippen LogP contribution in [-0.4, -0.2) is 44.9 Å². The number of carbonyl (C=O) groups excluding carboxylic acids is 1. The first-order valence-electron chi connectivity index (χ1n) is 8.88. The quantitative estimate of drug-likeness (QED) is 0.465. The van der Waals surface area contributed by atoms with Crippen LogP contribution in [-0.2, 0) is 31.2 Å². The molecule has 0 aliphatic carbocycles. The van der Waals surface area contributed by atoms with E-state index >= 15 is 0 Å². The van der Waals surface area contributed by atoms with Crippen molar-refractivity contribution in [2.45, 2.75) is 44.4 Å². The summed E-state index contributed by atoms with van der Waals surface area (Å²) in [5.74, 6) is 1.42. The summed E-state index contributed by atoms with van der Waals surface area (Å²) in [5, 5.41) is -0.214. The molecule has 0 aromatic heterocycles. The van der Waals surface area contributed by atoms with Crippen LogP contribution in [0.25, 0.3) is 0 Å². The molecule has 1 N–H and O–H groups in total. The first kappa shape index (κ1) is 25.0. The molecule has 0 radical (unpaired) electrons. The summed E-state index contributed by atoms with van der Waals surface area (Å²) in [7, 11) is -11.5. The molecule has 1 aliphatic heterocycles. The number of carbonyl (C=O) groups is 1. The zero-order valence-electron chi connectivity index (χ0n) is 16.5. The Labute approximate surface area is 177 Å². The van der Waals surface area contributed by atoms with Crippen molar-refractivity contribution < 1.29 is 39.0 Å². The zero-order chi connectivity index (χ0) is 23.0. The Hall–Kier alpha value is -1.31. The number of ketones is 1. The lowest BCUT2D eigenvalue weighted by atomic mass is 9.87. The summed E-state index contributed by atoms with van der Waals surface area (Å²) in [4.78, 5) is 13.1. The van der Waals surface area contributed by atoms with Crippen LogP contribution in [0.2, 0.25) is 0 Å². The number of nitrogens with one attached hydrogen (secondary N) is 1. The van der Waals surface area contributed by atoms with Crippen molar-refractivity contribution >= 4 is 37.0 Å². The van der Waals surface area contributed by atoms with Crippen LogP contribution in [0, 0.1) is 5.41 Å². The van der Waals surface area contributed by atoms with E-state index in [-0.39, 0.29) is 27.3 Å². The molecule has 30 heavy (non-hydrogen) atoms. The van der Waals surface area contributed by atoms with Gasteiger partial charge in [0.2, 0.25) is 5.78 Å².